The Bertz CT molecular complexity index is 112. The van der Waals surface area contributed by atoms with E-state index in [0.717, 1.165) is 5.92 Å². The lowest BCUT2D eigenvalue weighted by Gasteiger charge is -2.21. The summed E-state index contributed by atoms with van der Waals surface area (Å²) in [4.78, 5) is 2.44. The molecule has 0 aliphatic carbocycles. The molecular formula is C13H29N. The van der Waals surface area contributed by atoms with E-state index in [4.69, 9.17) is 0 Å². The minimum atomic E-state index is 0.697. The highest BCUT2D eigenvalue weighted by molar-refractivity contribution is 4.59. The van der Waals surface area contributed by atoms with Crippen LogP contribution in [0.25, 0.3) is 0 Å². The van der Waals surface area contributed by atoms with Crippen LogP contribution in [0.5, 0.6) is 0 Å². The van der Waals surface area contributed by atoms with Gasteiger partial charge in [0.2, 0.25) is 0 Å². The summed E-state index contributed by atoms with van der Waals surface area (Å²) in [5.41, 5.74) is 0. The number of hydrogen-bond donors (Lipinski definition) is 0. The third-order valence-electron chi connectivity index (χ3n) is 3.41. The van der Waals surface area contributed by atoms with Gasteiger partial charge in [0.25, 0.3) is 0 Å². The van der Waals surface area contributed by atoms with Crippen molar-refractivity contribution in [3.05, 3.63) is 0 Å². The van der Waals surface area contributed by atoms with Crippen molar-refractivity contribution in [2.24, 2.45) is 5.92 Å². The highest BCUT2D eigenvalue weighted by Crippen LogP contribution is 2.15. The van der Waals surface area contributed by atoms with E-state index in [1.54, 1.807) is 0 Å². The van der Waals surface area contributed by atoms with Crippen LogP contribution in [0.1, 0.15) is 59.8 Å². The quantitative estimate of drug-likeness (QED) is 0.535. The van der Waals surface area contributed by atoms with E-state index >= 15 is 0 Å². The summed E-state index contributed by atoms with van der Waals surface area (Å²) >= 11 is 0. The predicted octanol–water partition coefficient (Wildman–Crippen LogP) is 3.93. The summed E-state index contributed by atoms with van der Waals surface area (Å²) in [6, 6.07) is 0.697. The maximum atomic E-state index is 2.44. The van der Waals surface area contributed by atoms with E-state index in [9.17, 15) is 0 Å². The van der Waals surface area contributed by atoms with Crippen molar-refractivity contribution in [3.8, 4) is 0 Å². The van der Waals surface area contributed by atoms with Crippen LogP contribution < -0.4 is 0 Å². The first-order valence-electron chi connectivity index (χ1n) is 6.32. The van der Waals surface area contributed by atoms with Crippen LogP contribution in [0.2, 0.25) is 0 Å². The molecule has 0 saturated heterocycles. The van der Waals surface area contributed by atoms with Gasteiger partial charge in [0, 0.05) is 6.04 Å². The van der Waals surface area contributed by atoms with Gasteiger partial charge in [-0.15, -0.1) is 0 Å². The summed E-state index contributed by atoms with van der Waals surface area (Å²) in [6.07, 6.45) is 6.92. The lowest BCUT2D eigenvalue weighted by molar-refractivity contribution is 0.263. The molecule has 0 amide bonds. The fraction of sp³-hybridized carbons (Fsp3) is 1.00. The molecule has 1 nitrogen and oxygen atoms in total. The second kappa shape index (κ2) is 8.28. The molecule has 0 atom stereocenters. The molecule has 0 fully saturated rings. The molecular weight excluding hydrogens is 170 g/mol. The molecule has 0 saturated carbocycles. The van der Waals surface area contributed by atoms with E-state index in [1.807, 2.05) is 0 Å². The van der Waals surface area contributed by atoms with Gasteiger partial charge in [-0.2, -0.15) is 0 Å². The van der Waals surface area contributed by atoms with Gasteiger partial charge in [-0.05, 0) is 39.8 Å². The number of hydrogen-bond acceptors (Lipinski definition) is 1. The molecule has 0 aliphatic heterocycles. The molecule has 0 aromatic rings. The van der Waals surface area contributed by atoms with E-state index in [0.29, 0.717) is 6.04 Å². The standard InChI is InChI=1S/C13H29N/c1-6-13(7-2)10-8-9-11-14(5)12(3)4/h12-13H,6-11H2,1-5H3. The van der Waals surface area contributed by atoms with Crippen molar-refractivity contribution < 1.29 is 0 Å². The first-order valence-corrected chi connectivity index (χ1v) is 6.32. The van der Waals surface area contributed by atoms with E-state index < -0.39 is 0 Å². The van der Waals surface area contributed by atoms with Gasteiger partial charge in [-0.3, -0.25) is 0 Å². The molecule has 0 spiro atoms. The molecule has 1 heteroatoms. The van der Waals surface area contributed by atoms with Gasteiger partial charge < -0.3 is 4.90 Å². The van der Waals surface area contributed by atoms with Gasteiger partial charge in [-0.1, -0.05) is 39.5 Å². The van der Waals surface area contributed by atoms with Crippen LogP contribution in [0.15, 0.2) is 0 Å². The van der Waals surface area contributed by atoms with E-state index in [2.05, 4.69) is 39.6 Å². The fourth-order valence-corrected chi connectivity index (χ4v) is 1.75. The van der Waals surface area contributed by atoms with E-state index in [-0.39, 0.29) is 0 Å². The third-order valence-corrected chi connectivity index (χ3v) is 3.41. The van der Waals surface area contributed by atoms with Gasteiger partial charge >= 0.3 is 0 Å². The SMILES string of the molecule is CCC(CC)CCCCN(C)C(C)C. The second-order valence-corrected chi connectivity index (χ2v) is 4.75. The van der Waals surface area contributed by atoms with Crippen LogP contribution >= 0.6 is 0 Å². The van der Waals surface area contributed by atoms with Crippen molar-refractivity contribution in [2.75, 3.05) is 13.6 Å². The topological polar surface area (TPSA) is 3.24 Å². The zero-order chi connectivity index (χ0) is 11.0. The first kappa shape index (κ1) is 14.0. The summed E-state index contributed by atoms with van der Waals surface area (Å²) < 4.78 is 0. The average molecular weight is 199 g/mol. The first-order chi connectivity index (χ1) is 6.61. The summed E-state index contributed by atoms with van der Waals surface area (Å²) in [7, 11) is 2.22. The zero-order valence-corrected chi connectivity index (χ0v) is 10.8. The maximum Gasteiger partial charge on any atom is 0.00355 e. The van der Waals surface area contributed by atoms with E-state index in [1.165, 1.54) is 38.6 Å². The largest absolute Gasteiger partial charge is 0.304 e. The second-order valence-electron chi connectivity index (χ2n) is 4.75. The van der Waals surface area contributed by atoms with Crippen LogP contribution in [0, 0.1) is 5.92 Å². The minimum Gasteiger partial charge on any atom is -0.304 e. The number of nitrogens with zero attached hydrogens (tertiary/aromatic N) is 1. The lowest BCUT2D eigenvalue weighted by atomic mass is 9.97. The minimum absolute atomic E-state index is 0.697. The highest BCUT2D eigenvalue weighted by atomic mass is 15.1. The number of rotatable bonds is 8. The molecule has 0 bridgehead atoms. The van der Waals surface area contributed by atoms with Crippen molar-refractivity contribution in [2.45, 2.75) is 65.8 Å². The van der Waals surface area contributed by atoms with Crippen molar-refractivity contribution in [1.29, 1.82) is 0 Å². The molecule has 0 unspecified atom stereocenters. The molecule has 86 valence electrons. The predicted molar refractivity (Wildman–Crippen MR) is 65.7 cm³/mol. The Balaban J connectivity index is 3.36. The Hall–Kier alpha value is -0.0400. The molecule has 0 rings (SSSR count). The molecule has 0 aromatic carbocycles. The summed E-state index contributed by atoms with van der Waals surface area (Å²) in [5.74, 6) is 0.972. The number of unbranched alkanes of at least 4 members (excludes halogenated alkanes) is 1. The van der Waals surface area contributed by atoms with Crippen LogP contribution in [-0.4, -0.2) is 24.5 Å². The Morgan fingerprint density at radius 1 is 1.00 bits per heavy atom. The zero-order valence-electron chi connectivity index (χ0n) is 10.8. The summed E-state index contributed by atoms with van der Waals surface area (Å²) in [6.45, 7) is 10.4. The maximum absolute atomic E-state index is 2.44. The molecule has 0 N–H and O–H groups in total. The van der Waals surface area contributed by atoms with Crippen LogP contribution in [0.3, 0.4) is 0 Å². The smallest absolute Gasteiger partial charge is 0.00355 e. The van der Waals surface area contributed by atoms with Crippen LogP contribution in [0.4, 0.5) is 0 Å². The monoisotopic (exact) mass is 199 g/mol. The molecule has 0 aromatic heterocycles. The lowest BCUT2D eigenvalue weighted by Crippen LogP contribution is -2.27. The molecule has 0 heterocycles. The normalized spacial score (nSPS) is 12.0. The summed E-state index contributed by atoms with van der Waals surface area (Å²) in [5, 5.41) is 0. The third kappa shape index (κ3) is 6.42. The fourth-order valence-electron chi connectivity index (χ4n) is 1.75. The Kier molecular flexibility index (Phi) is 8.26. The average Bonchev–Trinajstić information content (AvgIpc) is 2.17. The Morgan fingerprint density at radius 3 is 2.00 bits per heavy atom. The molecule has 0 aliphatic rings. The van der Waals surface area contributed by atoms with Crippen molar-refractivity contribution >= 4 is 0 Å². The molecule has 14 heavy (non-hydrogen) atoms. The van der Waals surface area contributed by atoms with Gasteiger partial charge in [0.1, 0.15) is 0 Å². The van der Waals surface area contributed by atoms with Gasteiger partial charge in [-0.25, -0.2) is 0 Å². The van der Waals surface area contributed by atoms with Gasteiger partial charge in [0.05, 0.1) is 0 Å². The van der Waals surface area contributed by atoms with Gasteiger partial charge in [0.15, 0.2) is 0 Å². The highest BCUT2D eigenvalue weighted by Gasteiger charge is 2.05. The van der Waals surface area contributed by atoms with Crippen LogP contribution in [-0.2, 0) is 0 Å². The Labute approximate surface area is 90.9 Å². The van der Waals surface area contributed by atoms with Crippen molar-refractivity contribution in [3.63, 3.8) is 0 Å². The van der Waals surface area contributed by atoms with Crippen molar-refractivity contribution in [1.82, 2.24) is 4.90 Å². The Morgan fingerprint density at radius 2 is 1.57 bits per heavy atom. The molecule has 0 radical (unpaired) electrons.